The van der Waals surface area contributed by atoms with Crippen LogP contribution in [0.2, 0.25) is 5.02 Å². The fourth-order valence-electron chi connectivity index (χ4n) is 3.34. The van der Waals surface area contributed by atoms with Gasteiger partial charge in [0.1, 0.15) is 5.82 Å². The van der Waals surface area contributed by atoms with Crippen LogP contribution in [-0.4, -0.2) is 14.8 Å². The van der Waals surface area contributed by atoms with Crippen LogP contribution < -0.4 is 0 Å². The molecule has 1 aliphatic rings. The van der Waals surface area contributed by atoms with Gasteiger partial charge in [0.15, 0.2) is 11.0 Å². The van der Waals surface area contributed by atoms with Crippen molar-refractivity contribution in [2.75, 3.05) is 0 Å². The number of hydrogen-bond acceptors (Lipinski definition) is 4. The van der Waals surface area contributed by atoms with Gasteiger partial charge in [-0.15, -0.1) is 21.5 Å². The summed E-state index contributed by atoms with van der Waals surface area (Å²) in [4.78, 5) is 1.50. The molecule has 0 aliphatic heterocycles. The van der Waals surface area contributed by atoms with E-state index in [0.29, 0.717) is 10.8 Å². The van der Waals surface area contributed by atoms with Gasteiger partial charge in [0, 0.05) is 33.1 Å². The molecule has 1 aliphatic carbocycles. The maximum atomic E-state index is 13.2. The summed E-state index contributed by atoms with van der Waals surface area (Å²) in [5, 5.41) is 12.5. The zero-order chi connectivity index (χ0) is 18.1. The molecule has 0 unspecified atom stereocenters. The molecule has 0 spiro atoms. The van der Waals surface area contributed by atoms with Gasteiger partial charge in [-0.3, -0.25) is 0 Å². The summed E-state index contributed by atoms with van der Waals surface area (Å²) in [7, 11) is 0. The van der Waals surface area contributed by atoms with Crippen molar-refractivity contribution in [3.8, 4) is 11.4 Å². The monoisotopic (exact) mass is 407 g/mol. The number of aryl methyl sites for hydroxylation is 1. The summed E-state index contributed by atoms with van der Waals surface area (Å²) in [5.41, 5.74) is 3.60. The third kappa shape index (κ3) is 3.42. The Kier molecular flexibility index (Phi) is 5.34. The average Bonchev–Trinajstić information content (AvgIpc) is 3.24. The van der Waals surface area contributed by atoms with Gasteiger partial charge in [-0.05, 0) is 55.9 Å². The second kappa shape index (κ2) is 7.71. The summed E-state index contributed by atoms with van der Waals surface area (Å²) >= 11 is 9.57. The van der Waals surface area contributed by atoms with E-state index >= 15 is 0 Å². The number of thiophene rings is 1. The van der Waals surface area contributed by atoms with Gasteiger partial charge in [0.25, 0.3) is 0 Å². The summed E-state index contributed by atoms with van der Waals surface area (Å²) in [6.07, 6.45) is 4.86. The van der Waals surface area contributed by atoms with E-state index in [9.17, 15) is 4.39 Å². The quantitative estimate of drug-likeness (QED) is 0.486. The molecular formula is C19H19ClFN3S2. The van der Waals surface area contributed by atoms with Crippen molar-refractivity contribution in [2.45, 2.75) is 50.1 Å². The fraction of sp³-hybridized carbons (Fsp3) is 0.368. The van der Waals surface area contributed by atoms with Gasteiger partial charge in [0.05, 0.1) is 0 Å². The first-order chi connectivity index (χ1) is 12.7. The van der Waals surface area contributed by atoms with Crippen LogP contribution in [0.4, 0.5) is 4.39 Å². The zero-order valence-electron chi connectivity index (χ0n) is 14.5. The Hall–Kier alpha value is -1.37. The molecule has 2 aromatic heterocycles. The predicted molar refractivity (Wildman–Crippen MR) is 107 cm³/mol. The van der Waals surface area contributed by atoms with E-state index in [1.165, 1.54) is 47.4 Å². The minimum Gasteiger partial charge on any atom is -0.302 e. The van der Waals surface area contributed by atoms with E-state index in [1.807, 2.05) is 11.3 Å². The van der Waals surface area contributed by atoms with Gasteiger partial charge < -0.3 is 4.57 Å². The third-order valence-corrected chi connectivity index (χ3v) is 7.16. The van der Waals surface area contributed by atoms with E-state index in [1.54, 1.807) is 17.8 Å². The molecule has 0 amide bonds. The Labute approximate surface area is 165 Å². The van der Waals surface area contributed by atoms with Crippen molar-refractivity contribution in [1.82, 2.24) is 14.8 Å². The molecule has 3 nitrogen and oxygen atoms in total. The van der Waals surface area contributed by atoms with Crippen molar-refractivity contribution in [3.63, 3.8) is 0 Å². The minimum absolute atomic E-state index is 0.315. The van der Waals surface area contributed by atoms with E-state index in [0.717, 1.165) is 29.5 Å². The van der Waals surface area contributed by atoms with E-state index in [2.05, 4.69) is 27.1 Å². The van der Waals surface area contributed by atoms with Crippen molar-refractivity contribution < 1.29 is 4.39 Å². The van der Waals surface area contributed by atoms with Crippen LogP contribution in [0.15, 0.2) is 28.7 Å². The summed E-state index contributed by atoms with van der Waals surface area (Å²) in [6.45, 7) is 2.92. The molecule has 136 valence electrons. The van der Waals surface area contributed by atoms with Gasteiger partial charge in [-0.25, -0.2) is 4.39 Å². The molecule has 3 aromatic rings. The van der Waals surface area contributed by atoms with Crippen LogP contribution in [0.5, 0.6) is 0 Å². The number of benzene rings is 1. The van der Waals surface area contributed by atoms with Crippen LogP contribution in [0.3, 0.4) is 0 Å². The molecule has 7 heteroatoms. The highest BCUT2D eigenvalue weighted by atomic mass is 35.5. The Balaban J connectivity index is 1.60. The third-order valence-electron chi connectivity index (χ3n) is 4.71. The van der Waals surface area contributed by atoms with Crippen LogP contribution >= 0.6 is 34.7 Å². The lowest BCUT2D eigenvalue weighted by molar-refractivity contribution is 0.627. The molecule has 0 bridgehead atoms. The molecule has 0 saturated carbocycles. The molecule has 26 heavy (non-hydrogen) atoms. The molecule has 4 rings (SSSR count). The highest BCUT2D eigenvalue weighted by molar-refractivity contribution is 7.98. The van der Waals surface area contributed by atoms with E-state index in [-0.39, 0.29) is 5.82 Å². The topological polar surface area (TPSA) is 30.7 Å². The predicted octanol–water partition coefficient (Wildman–Crippen LogP) is 5.99. The summed E-state index contributed by atoms with van der Waals surface area (Å²) < 4.78 is 15.4. The summed E-state index contributed by atoms with van der Waals surface area (Å²) in [6, 6.07) is 4.52. The first-order valence-corrected chi connectivity index (χ1v) is 11.0. The maximum Gasteiger partial charge on any atom is 0.191 e. The van der Waals surface area contributed by atoms with Crippen LogP contribution in [0.1, 0.15) is 35.8 Å². The number of halogens is 2. The first-order valence-electron chi connectivity index (χ1n) is 8.77. The SMILES string of the molecule is CCn1c(SCc2ccc(F)cc2Cl)nnc1-c1csc2c1CCCC2. The molecule has 0 saturated heterocycles. The second-order valence-electron chi connectivity index (χ2n) is 6.33. The molecule has 1 aromatic carbocycles. The fourth-order valence-corrected chi connectivity index (χ4v) is 5.79. The first kappa shape index (κ1) is 18.0. The largest absolute Gasteiger partial charge is 0.302 e. The lowest BCUT2D eigenvalue weighted by Gasteiger charge is -2.13. The van der Waals surface area contributed by atoms with E-state index < -0.39 is 0 Å². The minimum atomic E-state index is -0.315. The summed E-state index contributed by atoms with van der Waals surface area (Å²) in [5.74, 6) is 1.28. The van der Waals surface area contributed by atoms with Gasteiger partial charge in [0.2, 0.25) is 0 Å². The second-order valence-corrected chi connectivity index (χ2v) is 8.65. The van der Waals surface area contributed by atoms with Gasteiger partial charge >= 0.3 is 0 Å². The number of hydrogen-bond donors (Lipinski definition) is 0. The van der Waals surface area contributed by atoms with Crippen molar-refractivity contribution >= 4 is 34.7 Å². The van der Waals surface area contributed by atoms with Crippen molar-refractivity contribution in [2.24, 2.45) is 0 Å². The Bertz CT molecular complexity index is 935. The Morgan fingerprint density at radius 1 is 1.27 bits per heavy atom. The normalized spacial score (nSPS) is 13.8. The number of rotatable bonds is 5. The molecule has 0 fully saturated rings. The lowest BCUT2D eigenvalue weighted by Crippen LogP contribution is -2.03. The average molecular weight is 408 g/mol. The molecule has 0 N–H and O–H groups in total. The number of fused-ring (bicyclic) bond motifs is 1. The number of aromatic nitrogens is 3. The lowest BCUT2D eigenvalue weighted by atomic mass is 9.96. The number of nitrogens with zero attached hydrogens (tertiary/aromatic N) is 3. The van der Waals surface area contributed by atoms with Crippen molar-refractivity contribution in [1.29, 1.82) is 0 Å². The molecule has 0 radical (unpaired) electrons. The molecular weight excluding hydrogens is 389 g/mol. The van der Waals surface area contributed by atoms with Gasteiger partial charge in [-0.1, -0.05) is 29.4 Å². The molecule has 0 atom stereocenters. The Morgan fingerprint density at radius 3 is 2.92 bits per heavy atom. The molecule has 2 heterocycles. The van der Waals surface area contributed by atoms with Crippen LogP contribution in [0.25, 0.3) is 11.4 Å². The Morgan fingerprint density at radius 2 is 2.12 bits per heavy atom. The van der Waals surface area contributed by atoms with Crippen molar-refractivity contribution in [3.05, 3.63) is 50.4 Å². The standard InChI is InChI=1S/C19H19ClFN3S2/c1-2-24-18(15-11-25-17-6-4-3-5-14(15)17)22-23-19(24)26-10-12-7-8-13(21)9-16(12)20/h7-9,11H,2-6,10H2,1H3. The highest BCUT2D eigenvalue weighted by Gasteiger charge is 2.21. The maximum absolute atomic E-state index is 13.2. The van der Waals surface area contributed by atoms with Crippen LogP contribution in [-0.2, 0) is 25.1 Å². The van der Waals surface area contributed by atoms with Crippen LogP contribution in [0, 0.1) is 5.82 Å². The van der Waals surface area contributed by atoms with Gasteiger partial charge in [-0.2, -0.15) is 0 Å². The number of thioether (sulfide) groups is 1. The zero-order valence-corrected chi connectivity index (χ0v) is 16.9. The van der Waals surface area contributed by atoms with E-state index in [4.69, 9.17) is 11.6 Å². The smallest absolute Gasteiger partial charge is 0.191 e. The highest BCUT2D eigenvalue weighted by Crippen LogP contribution is 2.37.